The summed E-state index contributed by atoms with van der Waals surface area (Å²) in [7, 11) is 0. The normalized spacial score (nSPS) is 11.4. The maximum Gasteiger partial charge on any atom is 0.119 e. The third-order valence-corrected chi connectivity index (χ3v) is 4.69. The Morgan fingerprint density at radius 2 is 1.35 bits per heavy atom. The molecule has 0 fully saturated rings. The second kappa shape index (κ2) is 10.2. The number of hydrogen-bond donors (Lipinski definition) is 2. The Kier molecular flexibility index (Phi) is 7.95. The van der Waals surface area contributed by atoms with Crippen LogP contribution in [0.15, 0.2) is 48.5 Å². The van der Waals surface area contributed by atoms with Gasteiger partial charge in [0.2, 0.25) is 0 Å². The van der Waals surface area contributed by atoms with E-state index in [1.807, 2.05) is 24.3 Å². The van der Waals surface area contributed by atoms with E-state index >= 15 is 0 Å². The van der Waals surface area contributed by atoms with Crippen molar-refractivity contribution in [3.05, 3.63) is 59.7 Å². The van der Waals surface area contributed by atoms with Gasteiger partial charge >= 0.3 is 0 Å². The van der Waals surface area contributed by atoms with Crippen molar-refractivity contribution in [1.82, 2.24) is 0 Å². The van der Waals surface area contributed by atoms with E-state index in [2.05, 4.69) is 38.1 Å². The molecule has 0 saturated carbocycles. The molecule has 0 saturated heterocycles. The lowest BCUT2D eigenvalue weighted by atomic mass is 9.72. The fraction of sp³-hybridized carbons (Fsp3) is 0.455. The Labute approximate surface area is 156 Å². The molecular formula is C22H30O4. The number of rotatable bonds is 11. The molecule has 4 heteroatoms. The van der Waals surface area contributed by atoms with Crippen molar-refractivity contribution in [2.24, 2.45) is 0 Å². The molecule has 0 aliphatic rings. The van der Waals surface area contributed by atoms with Crippen molar-refractivity contribution in [1.29, 1.82) is 0 Å². The minimum Gasteiger partial charge on any atom is -0.491 e. The lowest BCUT2D eigenvalue weighted by molar-refractivity contribution is 0.201. The van der Waals surface area contributed by atoms with Crippen LogP contribution in [0, 0.1) is 0 Å². The summed E-state index contributed by atoms with van der Waals surface area (Å²) in [5.41, 5.74) is 2.19. The maximum atomic E-state index is 9.00. The van der Waals surface area contributed by atoms with Crippen molar-refractivity contribution in [2.75, 3.05) is 26.4 Å². The fourth-order valence-corrected chi connectivity index (χ4v) is 3.17. The molecule has 2 N–H and O–H groups in total. The van der Waals surface area contributed by atoms with Gasteiger partial charge in [-0.1, -0.05) is 51.0 Å². The summed E-state index contributed by atoms with van der Waals surface area (Å²) in [6, 6.07) is 16.2. The summed E-state index contributed by atoms with van der Waals surface area (Å²) in [4.78, 5) is 0. The standard InChI is InChI=1S/C22H30O4/c1-3-4-11-22(2,18-7-5-9-20(16-18)25-14-12-23)19-8-6-10-21(17-19)26-15-13-24/h5-10,16-17,23-24H,3-4,11-15H2,1-2H3. The number of ether oxygens (including phenoxy) is 2. The highest BCUT2D eigenvalue weighted by molar-refractivity contribution is 5.44. The van der Waals surface area contributed by atoms with Crippen LogP contribution in [0.25, 0.3) is 0 Å². The molecule has 0 spiro atoms. The summed E-state index contributed by atoms with van der Waals surface area (Å²) in [6.07, 6.45) is 3.24. The van der Waals surface area contributed by atoms with Gasteiger partial charge in [0, 0.05) is 5.41 Å². The highest BCUT2D eigenvalue weighted by Crippen LogP contribution is 2.39. The minimum atomic E-state index is -0.173. The summed E-state index contributed by atoms with van der Waals surface area (Å²) in [5.74, 6) is 1.54. The lowest BCUT2D eigenvalue weighted by Gasteiger charge is -2.32. The zero-order valence-electron chi connectivity index (χ0n) is 15.8. The minimum absolute atomic E-state index is 0.00156. The lowest BCUT2D eigenvalue weighted by Crippen LogP contribution is -2.24. The summed E-state index contributed by atoms with van der Waals surface area (Å²) in [5, 5.41) is 18.0. The fourth-order valence-electron chi connectivity index (χ4n) is 3.17. The van der Waals surface area contributed by atoms with Gasteiger partial charge in [0.05, 0.1) is 13.2 Å². The topological polar surface area (TPSA) is 58.9 Å². The zero-order chi connectivity index (χ0) is 18.8. The van der Waals surface area contributed by atoms with E-state index in [1.54, 1.807) is 0 Å². The van der Waals surface area contributed by atoms with Crippen LogP contribution in [0.4, 0.5) is 0 Å². The molecule has 4 nitrogen and oxygen atoms in total. The summed E-state index contributed by atoms with van der Waals surface area (Å²) >= 11 is 0. The van der Waals surface area contributed by atoms with E-state index in [1.165, 1.54) is 11.1 Å². The van der Waals surface area contributed by atoms with Gasteiger partial charge in [0.15, 0.2) is 0 Å². The van der Waals surface area contributed by atoms with E-state index < -0.39 is 0 Å². The van der Waals surface area contributed by atoms with Crippen LogP contribution < -0.4 is 9.47 Å². The van der Waals surface area contributed by atoms with Crippen LogP contribution in [0.1, 0.15) is 44.2 Å². The van der Waals surface area contributed by atoms with Crippen molar-refractivity contribution >= 4 is 0 Å². The van der Waals surface area contributed by atoms with Gasteiger partial charge < -0.3 is 19.7 Å². The average Bonchev–Trinajstić information content (AvgIpc) is 2.69. The molecule has 142 valence electrons. The van der Waals surface area contributed by atoms with Crippen molar-refractivity contribution in [3.63, 3.8) is 0 Å². The number of hydrogen-bond acceptors (Lipinski definition) is 4. The van der Waals surface area contributed by atoms with E-state index in [9.17, 15) is 0 Å². The largest absolute Gasteiger partial charge is 0.491 e. The third-order valence-electron chi connectivity index (χ3n) is 4.69. The highest BCUT2D eigenvalue weighted by Gasteiger charge is 2.29. The van der Waals surface area contributed by atoms with Crippen molar-refractivity contribution < 1.29 is 19.7 Å². The van der Waals surface area contributed by atoms with Crippen LogP contribution in [0.2, 0.25) is 0 Å². The Morgan fingerprint density at radius 1 is 0.846 bits per heavy atom. The number of unbranched alkanes of at least 4 members (excludes halogenated alkanes) is 1. The molecule has 0 aliphatic carbocycles. The molecular weight excluding hydrogens is 328 g/mol. The predicted molar refractivity (Wildman–Crippen MR) is 104 cm³/mol. The van der Waals surface area contributed by atoms with Gasteiger partial charge in [-0.25, -0.2) is 0 Å². The van der Waals surface area contributed by atoms with Gasteiger partial charge in [0.1, 0.15) is 24.7 Å². The molecule has 0 atom stereocenters. The van der Waals surface area contributed by atoms with Crippen molar-refractivity contribution in [3.8, 4) is 11.5 Å². The second-order valence-corrected chi connectivity index (χ2v) is 6.64. The van der Waals surface area contributed by atoms with E-state index in [0.29, 0.717) is 13.2 Å². The zero-order valence-corrected chi connectivity index (χ0v) is 15.8. The van der Waals surface area contributed by atoms with Gasteiger partial charge in [-0.15, -0.1) is 0 Å². The molecule has 2 rings (SSSR count). The van der Waals surface area contributed by atoms with Gasteiger partial charge in [-0.2, -0.15) is 0 Å². The summed E-state index contributed by atoms with van der Waals surface area (Å²) < 4.78 is 11.2. The van der Waals surface area contributed by atoms with E-state index in [4.69, 9.17) is 19.7 Å². The van der Waals surface area contributed by atoms with Gasteiger partial charge in [-0.3, -0.25) is 0 Å². The molecule has 0 aliphatic heterocycles. The third kappa shape index (κ3) is 5.23. The molecule has 0 unspecified atom stereocenters. The van der Waals surface area contributed by atoms with Crippen LogP contribution in [-0.4, -0.2) is 36.6 Å². The Hall–Kier alpha value is -2.04. The SMILES string of the molecule is CCCCC(C)(c1cccc(OCCO)c1)c1cccc(OCCO)c1. The molecule has 26 heavy (non-hydrogen) atoms. The number of aliphatic hydroxyl groups excluding tert-OH is 2. The van der Waals surface area contributed by atoms with Crippen LogP contribution in [0.5, 0.6) is 11.5 Å². The van der Waals surface area contributed by atoms with E-state index in [0.717, 1.165) is 30.8 Å². The molecule has 0 radical (unpaired) electrons. The highest BCUT2D eigenvalue weighted by atomic mass is 16.5. The molecule has 2 aromatic carbocycles. The monoisotopic (exact) mass is 358 g/mol. The second-order valence-electron chi connectivity index (χ2n) is 6.64. The first-order chi connectivity index (χ1) is 12.6. The first-order valence-corrected chi connectivity index (χ1v) is 9.32. The Morgan fingerprint density at radius 3 is 1.77 bits per heavy atom. The molecule has 0 amide bonds. The molecule has 0 bridgehead atoms. The van der Waals surface area contributed by atoms with Crippen molar-refractivity contribution in [2.45, 2.75) is 38.5 Å². The molecule has 2 aromatic rings. The summed E-state index contributed by atoms with van der Waals surface area (Å²) in [6.45, 7) is 5.03. The number of benzene rings is 2. The smallest absolute Gasteiger partial charge is 0.119 e. The van der Waals surface area contributed by atoms with Crippen LogP contribution >= 0.6 is 0 Å². The maximum absolute atomic E-state index is 9.00. The number of aliphatic hydroxyl groups is 2. The molecule has 0 aromatic heterocycles. The van der Waals surface area contributed by atoms with Gasteiger partial charge in [0.25, 0.3) is 0 Å². The Balaban J connectivity index is 2.38. The van der Waals surface area contributed by atoms with Crippen LogP contribution in [0.3, 0.4) is 0 Å². The van der Waals surface area contributed by atoms with E-state index in [-0.39, 0.29) is 18.6 Å². The Bertz CT molecular complexity index is 617. The quantitative estimate of drug-likeness (QED) is 0.639. The first kappa shape index (κ1) is 20.3. The predicted octanol–water partition coefficient (Wildman–Crippen LogP) is 3.93. The van der Waals surface area contributed by atoms with Gasteiger partial charge in [-0.05, 0) is 41.8 Å². The van der Waals surface area contributed by atoms with Crippen LogP contribution in [-0.2, 0) is 5.41 Å². The average molecular weight is 358 g/mol. The molecule has 0 heterocycles. The first-order valence-electron chi connectivity index (χ1n) is 9.32.